The van der Waals surface area contributed by atoms with E-state index in [-0.39, 0.29) is 17.5 Å². The molecule has 3 N–H and O–H groups in total. The molecule has 0 radical (unpaired) electrons. The Morgan fingerprint density at radius 2 is 2.04 bits per heavy atom. The highest BCUT2D eigenvalue weighted by Gasteiger charge is 2.24. The van der Waals surface area contributed by atoms with Gasteiger partial charge in [0.1, 0.15) is 0 Å². The van der Waals surface area contributed by atoms with E-state index in [0.717, 1.165) is 18.4 Å². The molecule has 3 aromatic rings. The summed E-state index contributed by atoms with van der Waals surface area (Å²) in [7, 11) is 1.54. The number of nitrogens with one attached hydrogen (secondary N) is 1. The van der Waals surface area contributed by atoms with Gasteiger partial charge in [0.15, 0.2) is 17.0 Å². The van der Waals surface area contributed by atoms with Crippen LogP contribution >= 0.6 is 0 Å². The van der Waals surface area contributed by atoms with Crippen molar-refractivity contribution in [2.24, 2.45) is 5.92 Å². The fourth-order valence-corrected chi connectivity index (χ4v) is 2.81. The Morgan fingerprint density at radius 1 is 1.27 bits per heavy atom. The van der Waals surface area contributed by atoms with Crippen molar-refractivity contribution in [3.8, 4) is 6.01 Å². The average molecular weight is 352 g/mol. The molecule has 2 aromatic heterocycles. The van der Waals surface area contributed by atoms with Crippen LogP contribution in [0.2, 0.25) is 0 Å². The van der Waals surface area contributed by atoms with Crippen LogP contribution in [0.3, 0.4) is 0 Å². The van der Waals surface area contributed by atoms with E-state index in [1.54, 1.807) is 4.57 Å². The summed E-state index contributed by atoms with van der Waals surface area (Å²) < 4.78 is 7.17. The minimum atomic E-state index is -0.322. The van der Waals surface area contributed by atoms with E-state index >= 15 is 0 Å². The molecule has 8 heteroatoms. The van der Waals surface area contributed by atoms with Crippen LogP contribution in [-0.4, -0.2) is 39.1 Å². The number of nitrogens with two attached hydrogens (primary N) is 1. The summed E-state index contributed by atoms with van der Waals surface area (Å²) in [6, 6.07) is 10.2. The Balaban J connectivity index is 1.72. The van der Waals surface area contributed by atoms with Gasteiger partial charge in [0.05, 0.1) is 13.7 Å². The van der Waals surface area contributed by atoms with Crippen LogP contribution < -0.4 is 15.8 Å². The molecule has 0 bridgehead atoms. The van der Waals surface area contributed by atoms with Crippen molar-refractivity contribution in [3.63, 3.8) is 0 Å². The first-order valence-corrected chi connectivity index (χ1v) is 8.55. The summed E-state index contributed by atoms with van der Waals surface area (Å²) in [5.74, 6) is 0.463. The molecule has 1 aromatic carbocycles. The number of aromatic nitrogens is 4. The normalized spacial score (nSPS) is 13.7. The van der Waals surface area contributed by atoms with E-state index in [9.17, 15) is 4.79 Å². The quantitative estimate of drug-likeness (QED) is 0.698. The predicted octanol–water partition coefficient (Wildman–Crippen LogP) is 1.61. The predicted molar refractivity (Wildman–Crippen MR) is 96.9 cm³/mol. The number of carbonyl (C=O) groups is 1. The lowest BCUT2D eigenvalue weighted by Gasteiger charge is -2.08. The number of fused-ring (bicyclic) bond motifs is 1. The summed E-state index contributed by atoms with van der Waals surface area (Å²) in [6.07, 6.45) is 2.31. The Kier molecular flexibility index (Phi) is 4.16. The number of hydrogen-bond donors (Lipinski definition) is 2. The van der Waals surface area contributed by atoms with E-state index in [0.29, 0.717) is 36.2 Å². The van der Waals surface area contributed by atoms with E-state index in [1.165, 1.54) is 7.11 Å². The summed E-state index contributed by atoms with van der Waals surface area (Å²) >= 11 is 0. The second kappa shape index (κ2) is 6.62. The molecule has 134 valence electrons. The number of anilines is 1. The third-order valence-electron chi connectivity index (χ3n) is 4.40. The van der Waals surface area contributed by atoms with Crippen LogP contribution in [0.1, 0.15) is 29.0 Å². The van der Waals surface area contributed by atoms with Gasteiger partial charge in [-0.15, -0.1) is 0 Å². The molecular weight excluding hydrogens is 332 g/mol. The molecule has 0 unspecified atom stereocenters. The zero-order chi connectivity index (χ0) is 18.1. The zero-order valence-electron chi connectivity index (χ0n) is 14.5. The first-order chi connectivity index (χ1) is 12.7. The maximum absolute atomic E-state index is 12.4. The first-order valence-electron chi connectivity index (χ1n) is 8.55. The highest BCUT2D eigenvalue weighted by Crippen LogP contribution is 2.28. The summed E-state index contributed by atoms with van der Waals surface area (Å²) in [5, 5.41) is 2.86. The SMILES string of the molecule is COc1nc2c(N)nc(C(=O)NCC3CC3)nc2n1Cc1ccccc1. The van der Waals surface area contributed by atoms with Crippen molar-refractivity contribution in [2.75, 3.05) is 19.4 Å². The number of imidazole rings is 1. The van der Waals surface area contributed by atoms with Gasteiger partial charge in [-0.3, -0.25) is 9.36 Å². The van der Waals surface area contributed by atoms with Crippen LogP contribution in [-0.2, 0) is 6.54 Å². The fourth-order valence-electron chi connectivity index (χ4n) is 2.81. The number of rotatable bonds is 6. The third-order valence-corrected chi connectivity index (χ3v) is 4.40. The highest BCUT2D eigenvalue weighted by molar-refractivity contribution is 5.94. The Labute approximate surface area is 150 Å². The van der Waals surface area contributed by atoms with Crippen molar-refractivity contribution < 1.29 is 9.53 Å². The number of amides is 1. The van der Waals surface area contributed by atoms with Gasteiger partial charge in [-0.05, 0) is 24.3 Å². The first kappa shape index (κ1) is 16.3. The molecule has 1 aliphatic carbocycles. The lowest BCUT2D eigenvalue weighted by Crippen LogP contribution is -2.27. The number of benzene rings is 1. The molecule has 0 spiro atoms. The Bertz CT molecular complexity index is 949. The van der Waals surface area contributed by atoms with Gasteiger partial charge >= 0.3 is 0 Å². The van der Waals surface area contributed by atoms with Gasteiger partial charge in [-0.2, -0.15) is 4.98 Å². The molecule has 0 aliphatic heterocycles. The third kappa shape index (κ3) is 3.17. The minimum Gasteiger partial charge on any atom is -0.468 e. The van der Waals surface area contributed by atoms with Crippen LogP contribution in [0.5, 0.6) is 6.01 Å². The minimum absolute atomic E-state index is 0.0486. The number of carbonyl (C=O) groups excluding carboxylic acids is 1. The second-order valence-electron chi connectivity index (χ2n) is 6.43. The van der Waals surface area contributed by atoms with Gasteiger partial charge < -0.3 is 15.8 Å². The standard InChI is InChI=1S/C18H20N6O2/c1-26-18-21-13-14(19)22-15(17(25)20-9-11-7-8-11)23-16(13)24(18)10-12-5-3-2-4-6-12/h2-6,11H,7-10H2,1H3,(H,20,25)(H2,19,22,23). The summed E-state index contributed by atoms with van der Waals surface area (Å²) in [5.41, 5.74) is 8.00. The average Bonchev–Trinajstić information content (AvgIpc) is 3.42. The van der Waals surface area contributed by atoms with Gasteiger partial charge in [-0.1, -0.05) is 30.3 Å². The van der Waals surface area contributed by atoms with Gasteiger partial charge in [0.25, 0.3) is 11.9 Å². The number of methoxy groups -OCH3 is 1. The maximum Gasteiger partial charge on any atom is 0.298 e. The topological polar surface area (TPSA) is 108 Å². The number of ether oxygens (including phenoxy) is 1. The smallest absolute Gasteiger partial charge is 0.298 e. The molecule has 2 heterocycles. The van der Waals surface area contributed by atoms with Crippen molar-refractivity contribution in [2.45, 2.75) is 19.4 Å². The summed E-state index contributed by atoms with van der Waals surface area (Å²) in [6.45, 7) is 1.15. The molecule has 8 nitrogen and oxygen atoms in total. The van der Waals surface area contributed by atoms with Crippen LogP contribution in [0.25, 0.3) is 11.2 Å². The Hall–Kier alpha value is -3.16. The molecular formula is C18H20N6O2. The van der Waals surface area contributed by atoms with Gasteiger partial charge in [0.2, 0.25) is 5.82 Å². The van der Waals surface area contributed by atoms with Gasteiger partial charge in [0, 0.05) is 6.54 Å². The van der Waals surface area contributed by atoms with Crippen molar-refractivity contribution in [3.05, 3.63) is 41.7 Å². The van der Waals surface area contributed by atoms with E-state index in [4.69, 9.17) is 10.5 Å². The van der Waals surface area contributed by atoms with Crippen LogP contribution in [0.4, 0.5) is 5.82 Å². The van der Waals surface area contributed by atoms with Crippen molar-refractivity contribution in [1.29, 1.82) is 0 Å². The van der Waals surface area contributed by atoms with E-state index < -0.39 is 0 Å². The van der Waals surface area contributed by atoms with Crippen LogP contribution in [0.15, 0.2) is 30.3 Å². The lowest BCUT2D eigenvalue weighted by atomic mass is 10.2. The van der Waals surface area contributed by atoms with Crippen molar-refractivity contribution >= 4 is 22.9 Å². The van der Waals surface area contributed by atoms with Crippen molar-refractivity contribution in [1.82, 2.24) is 24.8 Å². The molecule has 1 aliphatic rings. The summed E-state index contributed by atoms with van der Waals surface area (Å²) in [4.78, 5) is 25.3. The second-order valence-corrected chi connectivity index (χ2v) is 6.43. The molecule has 0 saturated heterocycles. The molecule has 1 saturated carbocycles. The van der Waals surface area contributed by atoms with E-state index in [1.807, 2.05) is 30.3 Å². The monoisotopic (exact) mass is 352 g/mol. The highest BCUT2D eigenvalue weighted by atomic mass is 16.5. The van der Waals surface area contributed by atoms with E-state index in [2.05, 4.69) is 20.3 Å². The molecule has 1 fully saturated rings. The zero-order valence-corrected chi connectivity index (χ0v) is 14.5. The largest absolute Gasteiger partial charge is 0.468 e. The fraction of sp³-hybridized carbons (Fsp3) is 0.333. The Morgan fingerprint density at radius 3 is 2.73 bits per heavy atom. The maximum atomic E-state index is 12.4. The lowest BCUT2D eigenvalue weighted by molar-refractivity contribution is 0.0942. The molecule has 4 rings (SSSR count). The number of nitrogen functional groups attached to an aromatic ring is 1. The number of hydrogen-bond acceptors (Lipinski definition) is 6. The molecule has 26 heavy (non-hydrogen) atoms. The molecule has 0 atom stereocenters. The number of nitrogens with zero attached hydrogens (tertiary/aromatic N) is 4. The van der Waals surface area contributed by atoms with Crippen LogP contribution in [0, 0.1) is 5.92 Å². The molecule has 1 amide bonds. The van der Waals surface area contributed by atoms with Gasteiger partial charge in [-0.25, -0.2) is 9.97 Å².